The highest BCUT2D eigenvalue weighted by molar-refractivity contribution is 5.64. The van der Waals surface area contributed by atoms with E-state index < -0.39 is 0 Å². The fraction of sp³-hybridized carbons (Fsp3) is 0.143. The third-order valence-electron chi connectivity index (χ3n) is 3.38. The fourth-order valence-corrected chi connectivity index (χ4v) is 2.40. The Bertz CT molecular complexity index is 928. The van der Waals surface area contributed by atoms with E-state index in [1.165, 1.54) is 0 Å². The minimum Gasteiger partial charge on any atom is -0.251 e. The van der Waals surface area contributed by atoms with Crippen LogP contribution in [-0.2, 0) is 7.05 Å². The summed E-state index contributed by atoms with van der Waals surface area (Å²) >= 11 is 0. The number of aromatic nitrogens is 7. The molecule has 21 heavy (non-hydrogen) atoms. The number of nitrogens with zero attached hydrogens (tertiary/aromatic N) is 7. The Morgan fingerprint density at radius 1 is 1.05 bits per heavy atom. The van der Waals surface area contributed by atoms with Gasteiger partial charge in [-0.05, 0) is 25.1 Å². The monoisotopic (exact) mass is 279 g/mol. The summed E-state index contributed by atoms with van der Waals surface area (Å²) in [7, 11) is 1.89. The molecule has 0 N–H and O–H groups in total. The maximum atomic E-state index is 4.55. The molecule has 0 saturated carbocycles. The van der Waals surface area contributed by atoms with Gasteiger partial charge in [-0.15, -0.1) is 5.10 Å². The Balaban J connectivity index is 1.94. The first-order chi connectivity index (χ1) is 10.2. The first kappa shape index (κ1) is 11.8. The molecule has 4 aromatic heterocycles. The molecule has 4 aromatic rings. The Hall–Kier alpha value is -2.96. The van der Waals surface area contributed by atoms with E-state index in [0.29, 0.717) is 0 Å². The summed E-state index contributed by atoms with van der Waals surface area (Å²) in [6, 6.07) is 7.90. The van der Waals surface area contributed by atoms with Crippen molar-refractivity contribution in [2.24, 2.45) is 7.05 Å². The first-order valence-electron chi connectivity index (χ1n) is 6.58. The summed E-state index contributed by atoms with van der Waals surface area (Å²) in [6.45, 7) is 1.88. The SMILES string of the molecule is Cc1nc(-c2ccn3nccc3c2)n(-c2ccnn2C)n1. The van der Waals surface area contributed by atoms with Gasteiger partial charge in [0.15, 0.2) is 11.6 Å². The molecule has 0 unspecified atom stereocenters. The Morgan fingerprint density at radius 2 is 1.90 bits per heavy atom. The summed E-state index contributed by atoms with van der Waals surface area (Å²) < 4.78 is 5.40. The lowest BCUT2D eigenvalue weighted by Crippen LogP contribution is -2.06. The second kappa shape index (κ2) is 4.27. The van der Waals surface area contributed by atoms with Gasteiger partial charge in [-0.3, -0.25) is 4.68 Å². The molecule has 7 nitrogen and oxygen atoms in total. The molecular formula is C14H13N7. The van der Waals surface area contributed by atoms with Crippen molar-refractivity contribution in [3.05, 3.63) is 48.7 Å². The second-order valence-corrected chi connectivity index (χ2v) is 4.82. The average Bonchev–Trinajstić information content (AvgIpc) is 3.16. The molecule has 0 bridgehead atoms. The quantitative estimate of drug-likeness (QED) is 0.559. The molecule has 0 aliphatic heterocycles. The Morgan fingerprint density at radius 3 is 2.71 bits per heavy atom. The van der Waals surface area contributed by atoms with Gasteiger partial charge >= 0.3 is 0 Å². The van der Waals surface area contributed by atoms with Crippen LogP contribution in [0.15, 0.2) is 42.9 Å². The van der Waals surface area contributed by atoms with Crippen molar-refractivity contribution in [2.45, 2.75) is 6.92 Å². The lowest BCUT2D eigenvalue weighted by atomic mass is 10.2. The van der Waals surface area contributed by atoms with Gasteiger partial charge in [0.2, 0.25) is 0 Å². The standard InChI is InChI=1S/C14H13N7/c1-10-17-14(21(18-10)13-4-7-15-19(13)2)11-5-8-20-12(9-11)3-6-16-20/h3-9H,1-2H3. The van der Waals surface area contributed by atoms with Gasteiger partial charge in [0, 0.05) is 31.1 Å². The maximum Gasteiger partial charge on any atom is 0.165 e. The highest BCUT2D eigenvalue weighted by Crippen LogP contribution is 2.22. The summed E-state index contributed by atoms with van der Waals surface area (Å²) in [5.41, 5.74) is 2.01. The van der Waals surface area contributed by atoms with Crippen LogP contribution < -0.4 is 0 Å². The third kappa shape index (κ3) is 1.82. The van der Waals surface area contributed by atoms with Crippen LogP contribution in [0.2, 0.25) is 0 Å². The van der Waals surface area contributed by atoms with E-state index in [2.05, 4.69) is 20.3 Å². The van der Waals surface area contributed by atoms with Crippen LogP contribution in [0.3, 0.4) is 0 Å². The number of hydrogen-bond donors (Lipinski definition) is 0. The van der Waals surface area contributed by atoms with Crippen LogP contribution in [0.1, 0.15) is 5.82 Å². The summed E-state index contributed by atoms with van der Waals surface area (Å²) in [6.07, 6.45) is 5.44. The van der Waals surface area contributed by atoms with E-state index in [1.54, 1.807) is 17.1 Å². The molecular weight excluding hydrogens is 266 g/mol. The average molecular weight is 279 g/mol. The zero-order valence-electron chi connectivity index (χ0n) is 11.7. The van der Waals surface area contributed by atoms with Gasteiger partial charge in [0.1, 0.15) is 5.82 Å². The van der Waals surface area contributed by atoms with Crippen LogP contribution in [-0.4, -0.2) is 34.2 Å². The van der Waals surface area contributed by atoms with Crippen molar-refractivity contribution >= 4 is 5.52 Å². The summed E-state index contributed by atoms with van der Waals surface area (Å²) in [4.78, 5) is 4.55. The van der Waals surface area contributed by atoms with Gasteiger partial charge in [-0.25, -0.2) is 9.50 Å². The van der Waals surface area contributed by atoms with Crippen LogP contribution in [0, 0.1) is 6.92 Å². The largest absolute Gasteiger partial charge is 0.251 e. The van der Waals surface area contributed by atoms with Gasteiger partial charge in [-0.2, -0.15) is 14.9 Å². The molecule has 0 aromatic carbocycles. The molecule has 7 heteroatoms. The first-order valence-corrected chi connectivity index (χ1v) is 6.58. The Labute approximate surface area is 120 Å². The predicted octanol–water partition coefficient (Wildman–Crippen LogP) is 1.62. The fourth-order valence-electron chi connectivity index (χ4n) is 2.40. The normalized spacial score (nSPS) is 11.3. The van der Waals surface area contributed by atoms with E-state index in [-0.39, 0.29) is 0 Å². The van der Waals surface area contributed by atoms with Gasteiger partial charge in [0.05, 0.1) is 11.7 Å². The van der Waals surface area contributed by atoms with Gasteiger partial charge in [0.25, 0.3) is 0 Å². The lowest BCUT2D eigenvalue weighted by molar-refractivity contribution is 0.698. The topological polar surface area (TPSA) is 65.8 Å². The van der Waals surface area contributed by atoms with E-state index >= 15 is 0 Å². The van der Waals surface area contributed by atoms with Crippen LogP contribution in [0.4, 0.5) is 0 Å². The third-order valence-corrected chi connectivity index (χ3v) is 3.38. The molecule has 0 fully saturated rings. The highest BCUT2D eigenvalue weighted by Gasteiger charge is 2.14. The Kier molecular flexibility index (Phi) is 2.41. The molecule has 0 aliphatic carbocycles. The molecule has 0 spiro atoms. The molecule has 0 aliphatic rings. The van der Waals surface area contributed by atoms with E-state index in [4.69, 9.17) is 0 Å². The second-order valence-electron chi connectivity index (χ2n) is 4.82. The molecule has 0 atom stereocenters. The van der Waals surface area contributed by atoms with Gasteiger partial charge in [-0.1, -0.05) is 0 Å². The number of aryl methyl sites for hydroxylation is 2. The molecule has 0 saturated heterocycles. The number of hydrogen-bond acceptors (Lipinski definition) is 4. The smallest absolute Gasteiger partial charge is 0.165 e. The van der Waals surface area contributed by atoms with Crippen molar-refractivity contribution in [1.29, 1.82) is 0 Å². The zero-order valence-corrected chi connectivity index (χ0v) is 11.7. The molecule has 104 valence electrons. The van der Waals surface area contributed by atoms with Crippen molar-refractivity contribution in [1.82, 2.24) is 34.2 Å². The minimum absolute atomic E-state index is 0.722. The predicted molar refractivity (Wildman–Crippen MR) is 77.0 cm³/mol. The van der Waals surface area contributed by atoms with Crippen LogP contribution in [0.25, 0.3) is 22.7 Å². The molecule has 0 radical (unpaired) electrons. The number of pyridine rings is 1. The van der Waals surface area contributed by atoms with Crippen molar-refractivity contribution in [3.8, 4) is 17.2 Å². The number of fused-ring (bicyclic) bond motifs is 1. The van der Waals surface area contributed by atoms with Crippen LogP contribution in [0.5, 0.6) is 0 Å². The van der Waals surface area contributed by atoms with Crippen molar-refractivity contribution < 1.29 is 0 Å². The van der Waals surface area contributed by atoms with E-state index in [9.17, 15) is 0 Å². The lowest BCUT2D eigenvalue weighted by Gasteiger charge is -2.06. The highest BCUT2D eigenvalue weighted by atomic mass is 15.4. The van der Waals surface area contributed by atoms with E-state index in [1.807, 2.05) is 53.6 Å². The molecule has 4 rings (SSSR count). The maximum absolute atomic E-state index is 4.55. The number of rotatable bonds is 2. The van der Waals surface area contributed by atoms with E-state index in [0.717, 1.165) is 28.5 Å². The zero-order chi connectivity index (χ0) is 14.4. The van der Waals surface area contributed by atoms with Crippen molar-refractivity contribution in [2.75, 3.05) is 0 Å². The minimum atomic E-state index is 0.722. The van der Waals surface area contributed by atoms with Crippen molar-refractivity contribution in [3.63, 3.8) is 0 Å². The molecule has 0 amide bonds. The van der Waals surface area contributed by atoms with Gasteiger partial charge < -0.3 is 0 Å². The summed E-state index contributed by atoms with van der Waals surface area (Å²) in [5.74, 6) is 2.39. The molecule has 4 heterocycles. The van der Waals surface area contributed by atoms with Crippen LogP contribution >= 0.6 is 0 Å². The summed E-state index contributed by atoms with van der Waals surface area (Å²) in [5, 5.41) is 12.9.